The average Bonchev–Trinajstić information content (AvgIpc) is 3.09. The largest absolute Gasteiger partial charge is 0.321 e. The summed E-state index contributed by atoms with van der Waals surface area (Å²) in [6, 6.07) is 47.5. The number of amides is 1. The van der Waals surface area contributed by atoms with E-state index in [1.807, 2.05) is 109 Å². The van der Waals surface area contributed by atoms with Crippen LogP contribution in [0, 0.1) is 0 Å². The molecule has 0 unspecified atom stereocenters. The fourth-order valence-electron chi connectivity index (χ4n) is 5.28. The lowest BCUT2D eigenvalue weighted by Gasteiger charge is -2.16. The highest BCUT2D eigenvalue weighted by Crippen LogP contribution is 2.38. The molecule has 5 nitrogen and oxygen atoms in total. The molecule has 6 heteroatoms. The summed E-state index contributed by atoms with van der Waals surface area (Å²) < 4.78 is 0.922. The summed E-state index contributed by atoms with van der Waals surface area (Å²) in [6.45, 7) is 0. The molecule has 0 aliphatic rings. The summed E-state index contributed by atoms with van der Waals surface area (Å²) in [6.07, 6.45) is 0. The van der Waals surface area contributed by atoms with Crippen molar-refractivity contribution in [2.24, 2.45) is 0 Å². The first-order valence-electron chi connectivity index (χ1n) is 14.2. The quantitative estimate of drug-likeness (QED) is 0.198. The molecule has 1 heterocycles. The number of halogens is 1. The molecule has 0 aliphatic heterocycles. The number of hydrogen-bond donors (Lipinski definition) is 1. The number of fused-ring (bicyclic) bond motifs is 1. The van der Waals surface area contributed by atoms with Crippen LogP contribution < -0.4 is 5.32 Å². The number of anilines is 1. The third kappa shape index (κ3) is 5.51. The van der Waals surface area contributed by atoms with E-state index in [0.29, 0.717) is 23.0 Å². The molecule has 210 valence electrons. The van der Waals surface area contributed by atoms with Gasteiger partial charge in [0, 0.05) is 38.0 Å². The minimum absolute atomic E-state index is 0.169. The summed E-state index contributed by atoms with van der Waals surface area (Å²) in [5.41, 5.74) is 5.98. The number of para-hydroxylation sites is 1. The van der Waals surface area contributed by atoms with Gasteiger partial charge in [0.15, 0.2) is 17.5 Å². The van der Waals surface area contributed by atoms with Crippen molar-refractivity contribution in [2.45, 2.75) is 0 Å². The molecule has 7 rings (SSSR count). The Labute approximate surface area is 263 Å². The van der Waals surface area contributed by atoms with Crippen LogP contribution in [0.4, 0.5) is 5.69 Å². The van der Waals surface area contributed by atoms with E-state index in [0.717, 1.165) is 48.7 Å². The van der Waals surface area contributed by atoms with Gasteiger partial charge in [-0.15, -0.1) is 0 Å². The molecule has 44 heavy (non-hydrogen) atoms. The minimum atomic E-state index is -0.169. The van der Waals surface area contributed by atoms with Crippen LogP contribution in [0.25, 0.3) is 56.1 Å². The smallest absolute Gasteiger partial charge is 0.255 e. The van der Waals surface area contributed by atoms with Crippen molar-refractivity contribution in [2.75, 3.05) is 5.32 Å². The highest BCUT2D eigenvalue weighted by Gasteiger charge is 2.17. The number of carbonyl (C=O) groups excluding carboxylic acids is 1. The summed E-state index contributed by atoms with van der Waals surface area (Å²) in [5.74, 6) is 1.66. The van der Waals surface area contributed by atoms with E-state index in [2.05, 4.69) is 45.5 Å². The van der Waals surface area contributed by atoms with Gasteiger partial charge in [-0.25, -0.2) is 15.0 Å². The lowest BCUT2D eigenvalue weighted by atomic mass is 9.93. The molecule has 0 aliphatic carbocycles. The number of nitrogens with one attached hydrogen (secondary N) is 1. The summed E-state index contributed by atoms with van der Waals surface area (Å²) >= 11 is 3.44. The molecular formula is C38H25BrN4O. The van der Waals surface area contributed by atoms with Crippen LogP contribution in [0.1, 0.15) is 10.4 Å². The first-order valence-corrected chi connectivity index (χ1v) is 15.0. The number of benzene rings is 6. The van der Waals surface area contributed by atoms with Gasteiger partial charge in [0.05, 0.1) is 0 Å². The van der Waals surface area contributed by atoms with Gasteiger partial charge in [-0.05, 0) is 52.7 Å². The van der Waals surface area contributed by atoms with Gasteiger partial charge < -0.3 is 5.32 Å². The molecule has 0 atom stereocenters. The van der Waals surface area contributed by atoms with E-state index < -0.39 is 0 Å². The fraction of sp³-hybridized carbons (Fsp3) is 0. The second-order valence-corrected chi connectivity index (χ2v) is 11.2. The number of rotatable bonds is 6. The Bertz CT molecular complexity index is 2060. The van der Waals surface area contributed by atoms with Gasteiger partial charge in [-0.1, -0.05) is 125 Å². The Morgan fingerprint density at radius 1 is 0.477 bits per heavy atom. The van der Waals surface area contributed by atoms with Crippen molar-refractivity contribution in [3.63, 3.8) is 0 Å². The molecule has 0 saturated carbocycles. The molecule has 1 N–H and O–H groups in total. The predicted octanol–water partition coefficient (Wildman–Crippen LogP) is 9.71. The van der Waals surface area contributed by atoms with E-state index in [9.17, 15) is 4.79 Å². The van der Waals surface area contributed by atoms with Gasteiger partial charge in [0.2, 0.25) is 0 Å². The first kappa shape index (κ1) is 27.4. The predicted molar refractivity (Wildman–Crippen MR) is 181 cm³/mol. The van der Waals surface area contributed by atoms with E-state index in [1.54, 1.807) is 12.1 Å². The van der Waals surface area contributed by atoms with E-state index >= 15 is 0 Å². The molecule has 1 aromatic heterocycles. The zero-order chi connectivity index (χ0) is 29.9. The average molecular weight is 634 g/mol. The van der Waals surface area contributed by atoms with Crippen LogP contribution >= 0.6 is 15.9 Å². The zero-order valence-electron chi connectivity index (χ0n) is 23.5. The zero-order valence-corrected chi connectivity index (χ0v) is 25.1. The van der Waals surface area contributed by atoms with E-state index in [1.165, 1.54) is 0 Å². The molecule has 0 radical (unpaired) electrons. The molecule has 0 fully saturated rings. The van der Waals surface area contributed by atoms with Gasteiger partial charge in [-0.2, -0.15) is 0 Å². The lowest BCUT2D eigenvalue weighted by Crippen LogP contribution is -2.12. The van der Waals surface area contributed by atoms with Gasteiger partial charge in [0.1, 0.15) is 0 Å². The minimum Gasteiger partial charge on any atom is -0.321 e. The maximum absolute atomic E-state index is 13.2. The fourth-order valence-corrected chi connectivity index (χ4v) is 5.55. The Balaban J connectivity index is 1.36. The second-order valence-electron chi connectivity index (χ2n) is 10.3. The third-order valence-corrected chi connectivity index (χ3v) is 7.96. The van der Waals surface area contributed by atoms with Gasteiger partial charge in [0.25, 0.3) is 5.91 Å². The molecule has 7 aromatic rings. The SMILES string of the molecule is O=C(Nc1ccccc1-c1ccc(-c2nc(-c3ccccc3)nc(-c3ccccc3)n2)c2ccccc12)c1ccc(Br)cc1. The van der Waals surface area contributed by atoms with Crippen LogP contribution in [0.3, 0.4) is 0 Å². The Morgan fingerprint density at radius 3 is 1.61 bits per heavy atom. The Kier molecular flexibility index (Phi) is 7.49. The van der Waals surface area contributed by atoms with Crippen molar-refractivity contribution in [1.82, 2.24) is 15.0 Å². The summed E-state index contributed by atoms with van der Waals surface area (Å²) in [4.78, 5) is 27.9. The third-order valence-electron chi connectivity index (χ3n) is 7.44. The van der Waals surface area contributed by atoms with Crippen molar-refractivity contribution in [3.8, 4) is 45.3 Å². The molecule has 0 bridgehead atoms. The second kappa shape index (κ2) is 12.0. The highest BCUT2D eigenvalue weighted by atomic mass is 79.9. The molecular weight excluding hydrogens is 608 g/mol. The van der Waals surface area contributed by atoms with Crippen LogP contribution in [-0.4, -0.2) is 20.9 Å². The maximum Gasteiger partial charge on any atom is 0.255 e. The Hall–Kier alpha value is -5.46. The van der Waals surface area contributed by atoms with Gasteiger partial charge in [-0.3, -0.25) is 4.79 Å². The lowest BCUT2D eigenvalue weighted by molar-refractivity contribution is 0.102. The van der Waals surface area contributed by atoms with Gasteiger partial charge >= 0.3 is 0 Å². The standard InChI is InChI=1S/C38H25BrN4O/c39-28-21-19-27(20-22-28)38(44)40-34-18-10-9-17-32(34)31-23-24-33(30-16-8-7-15-29(30)31)37-42-35(25-11-3-1-4-12-25)41-36(43-37)26-13-5-2-6-14-26/h1-24H,(H,40,44). The number of aromatic nitrogens is 3. The first-order chi connectivity index (χ1) is 21.6. The van der Waals surface area contributed by atoms with Crippen molar-refractivity contribution in [3.05, 3.63) is 156 Å². The number of nitrogens with zero attached hydrogens (tertiary/aromatic N) is 3. The van der Waals surface area contributed by atoms with Crippen LogP contribution in [-0.2, 0) is 0 Å². The molecule has 1 amide bonds. The highest BCUT2D eigenvalue weighted by molar-refractivity contribution is 9.10. The van der Waals surface area contributed by atoms with Crippen LogP contribution in [0.2, 0.25) is 0 Å². The summed E-state index contributed by atoms with van der Waals surface area (Å²) in [7, 11) is 0. The van der Waals surface area contributed by atoms with Crippen molar-refractivity contribution < 1.29 is 4.79 Å². The maximum atomic E-state index is 13.2. The monoisotopic (exact) mass is 632 g/mol. The summed E-state index contributed by atoms with van der Waals surface area (Å²) in [5, 5.41) is 5.15. The molecule has 6 aromatic carbocycles. The topological polar surface area (TPSA) is 67.8 Å². The van der Waals surface area contributed by atoms with Crippen LogP contribution in [0.15, 0.2) is 150 Å². The van der Waals surface area contributed by atoms with E-state index in [-0.39, 0.29) is 5.91 Å². The molecule has 0 saturated heterocycles. The van der Waals surface area contributed by atoms with Crippen molar-refractivity contribution in [1.29, 1.82) is 0 Å². The van der Waals surface area contributed by atoms with E-state index in [4.69, 9.17) is 15.0 Å². The number of carbonyl (C=O) groups is 1. The number of hydrogen-bond acceptors (Lipinski definition) is 4. The van der Waals surface area contributed by atoms with Crippen LogP contribution in [0.5, 0.6) is 0 Å². The molecule has 0 spiro atoms. The Morgan fingerprint density at radius 2 is 0.977 bits per heavy atom. The van der Waals surface area contributed by atoms with Crippen molar-refractivity contribution >= 4 is 38.3 Å². The normalized spacial score (nSPS) is 10.9.